The van der Waals surface area contributed by atoms with Crippen molar-refractivity contribution in [2.45, 2.75) is 40.2 Å². The van der Waals surface area contributed by atoms with Gasteiger partial charge in [0, 0.05) is 19.2 Å². The smallest absolute Gasteiger partial charge is 0.410 e. The van der Waals surface area contributed by atoms with Crippen molar-refractivity contribution in [2.75, 3.05) is 20.2 Å². The van der Waals surface area contributed by atoms with Gasteiger partial charge >= 0.3 is 12.1 Å². The molecule has 0 aliphatic carbocycles. The normalized spacial score (nSPS) is 12.0. The van der Waals surface area contributed by atoms with E-state index in [4.69, 9.17) is 9.47 Å². The van der Waals surface area contributed by atoms with Crippen LogP contribution in [0.2, 0.25) is 0 Å². The summed E-state index contributed by atoms with van der Waals surface area (Å²) in [5.41, 5.74) is -0.0436. The molecule has 0 fully saturated rings. The molecule has 0 aromatic heterocycles. The Hall–Kier alpha value is -1.52. The number of carbonyl (C=O) groups excluding carboxylic acids is 2. The molecule has 0 saturated carbocycles. The summed E-state index contributed by atoms with van der Waals surface area (Å²) in [6, 6.07) is 0. The molecule has 0 rings (SSSR count). The molecule has 0 spiro atoms. The first-order valence-electron chi connectivity index (χ1n) is 5.95. The van der Waals surface area contributed by atoms with Gasteiger partial charge in [0.2, 0.25) is 0 Å². The van der Waals surface area contributed by atoms with Crippen LogP contribution >= 0.6 is 0 Å². The van der Waals surface area contributed by atoms with E-state index in [1.54, 1.807) is 47.7 Å². The zero-order chi connectivity index (χ0) is 14.3. The molecule has 0 aliphatic heterocycles. The van der Waals surface area contributed by atoms with Gasteiger partial charge in [-0.1, -0.05) is 6.08 Å². The van der Waals surface area contributed by atoms with Crippen LogP contribution in [0.5, 0.6) is 0 Å². The second-order valence-electron chi connectivity index (χ2n) is 4.97. The van der Waals surface area contributed by atoms with Crippen molar-refractivity contribution in [3.8, 4) is 0 Å². The first-order chi connectivity index (χ1) is 8.17. The lowest BCUT2D eigenvalue weighted by atomic mass is 10.2. The molecule has 0 N–H and O–H groups in total. The highest BCUT2D eigenvalue weighted by Crippen LogP contribution is 2.09. The van der Waals surface area contributed by atoms with E-state index in [0.717, 1.165) is 0 Å². The number of nitrogens with zero attached hydrogens (tertiary/aromatic N) is 1. The molecule has 0 aromatic carbocycles. The fraction of sp³-hybridized carbons (Fsp3) is 0.692. The average Bonchev–Trinajstić information content (AvgIpc) is 2.23. The van der Waals surface area contributed by atoms with Gasteiger partial charge in [0.1, 0.15) is 5.60 Å². The van der Waals surface area contributed by atoms with Gasteiger partial charge in [-0.05, 0) is 34.6 Å². The summed E-state index contributed by atoms with van der Waals surface area (Å²) in [4.78, 5) is 24.4. The fourth-order valence-corrected chi connectivity index (χ4v) is 1.02. The number of carbonyl (C=O) groups is 2. The number of amides is 1. The Bertz CT molecular complexity index is 328. The Kier molecular flexibility index (Phi) is 6.44. The molecule has 0 atom stereocenters. The van der Waals surface area contributed by atoms with Crippen LogP contribution in [-0.4, -0.2) is 42.8 Å². The molecule has 0 aliphatic rings. The summed E-state index contributed by atoms with van der Waals surface area (Å²) in [6.07, 6.45) is 1.22. The van der Waals surface area contributed by atoms with E-state index in [2.05, 4.69) is 0 Å². The molecule has 5 nitrogen and oxygen atoms in total. The molecule has 18 heavy (non-hydrogen) atoms. The van der Waals surface area contributed by atoms with Crippen molar-refractivity contribution in [1.29, 1.82) is 0 Å². The molecule has 0 radical (unpaired) electrons. The third-order valence-corrected chi connectivity index (χ3v) is 1.97. The maximum atomic E-state index is 11.6. The number of rotatable bonds is 4. The van der Waals surface area contributed by atoms with Crippen molar-refractivity contribution in [3.63, 3.8) is 0 Å². The Morgan fingerprint density at radius 2 is 1.83 bits per heavy atom. The zero-order valence-corrected chi connectivity index (χ0v) is 12.1. The first-order valence-corrected chi connectivity index (χ1v) is 5.95. The largest absolute Gasteiger partial charge is 0.463 e. The van der Waals surface area contributed by atoms with E-state index in [9.17, 15) is 9.59 Å². The lowest BCUT2D eigenvalue weighted by molar-refractivity contribution is -0.138. The number of hydrogen-bond donors (Lipinski definition) is 0. The van der Waals surface area contributed by atoms with Crippen LogP contribution in [0.15, 0.2) is 11.6 Å². The molecular formula is C13H23NO4. The molecule has 1 amide bonds. The van der Waals surface area contributed by atoms with Crippen LogP contribution in [0.4, 0.5) is 4.79 Å². The molecule has 0 unspecified atom stereocenters. The molecule has 104 valence electrons. The zero-order valence-electron chi connectivity index (χ0n) is 12.1. The van der Waals surface area contributed by atoms with Crippen LogP contribution in [0.1, 0.15) is 34.6 Å². The van der Waals surface area contributed by atoms with Crippen LogP contribution in [0.25, 0.3) is 0 Å². The first kappa shape index (κ1) is 16.5. The molecular weight excluding hydrogens is 234 g/mol. The molecule has 5 heteroatoms. The SMILES string of the molecule is CCOC(=O)/C(C)=C/CN(C)C(=O)OC(C)(C)C. The Labute approximate surface area is 109 Å². The Morgan fingerprint density at radius 3 is 2.28 bits per heavy atom. The Morgan fingerprint density at radius 1 is 1.28 bits per heavy atom. The number of hydrogen-bond acceptors (Lipinski definition) is 4. The summed E-state index contributed by atoms with van der Waals surface area (Å²) >= 11 is 0. The average molecular weight is 257 g/mol. The van der Waals surface area contributed by atoms with Gasteiger partial charge < -0.3 is 14.4 Å². The molecule has 0 bridgehead atoms. The summed E-state index contributed by atoms with van der Waals surface area (Å²) < 4.78 is 10.0. The fourth-order valence-electron chi connectivity index (χ4n) is 1.02. The quantitative estimate of drug-likeness (QED) is 0.573. The van der Waals surface area contributed by atoms with Gasteiger partial charge in [0.25, 0.3) is 0 Å². The topological polar surface area (TPSA) is 55.8 Å². The van der Waals surface area contributed by atoms with E-state index < -0.39 is 11.7 Å². The van der Waals surface area contributed by atoms with E-state index >= 15 is 0 Å². The highest BCUT2D eigenvalue weighted by molar-refractivity contribution is 5.87. The van der Waals surface area contributed by atoms with Gasteiger partial charge in [-0.25, -0.2) is 9.59 Å². The summed E-state index contributed by atoms with van der Waals surface area (Å²) in [6.45, 7) is 9.46. The summed E-state index contributed by atoms with van der Waals surface area (Å²) in [7, 11) is 1.61. The predicted octanol–water partition coefficient (Wildman–Crippen LogP) is 2.36. The van der Waals surface area contributed by atoms with E-state index in [0.29, 0.717) is 18.7 Å². The predicted molar refractivity (Wildman–Crippen MR) is 69.3 cm³/mol. The maximum Gasteiger partial charge on any atom is 0.410 e. The standard InChI is InChI=1S/C13H23NO4/c1-7-17-11(15)10(2)8-9-14(6)12(16)18-13(3,4)5/h8H,7,9H2,1-6H3/b10-8+. The molecule has 0 aromatic rings. The number of likely N-dealkylation sites (N-methyl/N-ethyl adjacent to an activating group) is 1. The van der Waals surface area contributed by atoms with E-state index in [-0.39, 0.29) is 5.97 Å². The van der Waals surface area contributed by atoms with Crippen molar-refractivity contribution < 1.29 is 19.1 Å². The van der Waals surface area contributed by atoms with Gasteiger partial charge in [-0.3, -0.25) is 0 Å². The minimum atomic E-state index is -0.523. The van der Waals surface area contributed by atoms with E-state index in [1.807, 2.05) is 0 Å². The lowest BCUT2D eigenvalue weighted by Gasteiger charge is -2.24. The number of ether oxygens (including phenoxy) is 2. The minimum Gasteiger partial charge on any atom is -0.463 e. The van der Waals surface area contributed by atoms with Crippen LogP contribution in [0.3, 0.4) is 0 Å². The lowest BCUT2D eigenvalue weighted by Crippen LogP contribution is -2.34. The van der Waals surface area contributed by atoms with E-state index in [1.165, 1.54) is 4.90 Å². The van der Waals surface area contributed by atoms with Crippen molar-refractivity contribution in [2.24, 2.45) is 0 Å². The summed E-state index contributed by atoms with van der Waals surface area (Å²) in [5, 5.41) is 0. The van der Waals surface area contributed by atoms with Crippen molar-refractivity contribution >= 4 is 12.1 Å². The van der Waals surface area contributed by atoms with Crippen molar-refractivity contribution in [1.82, 2.24) is 4.90 Å². The van der Waals surface area contributed by atoms with Gasteiger partial charge in [-0.15, -0.1) is 0 Å². The number of esters is 1. The molecule has 0 saturated heterocycles. The third-order valence-electron chi connectivity index (χ3n) is 1.97. The van der Waals surface area contributed by atoms with Gasteiger partial charge in [0.05, 0.1) is 6.61 Å². The highest BCUT2D eigenvalue weighted by atomic mass is 16.6. The van der Waals surface area contributed by atoms with Crippen LogP contribution < -0.4 is 0 Å². The summed E-state index contributed by atoms with van der Waals surface area (Å²) in [5.74, 6) is -0.366. The van der Waals surface area contributed by atoms with Crippen molar-refractivity contribution in [3.05, 3.63) is 11.6 Å². The van der Waals surface area contributed by atoms with Crippen LogP contribution in [-0.2, 0) is 14.3 Å². The second kappa shape index (κ2) is 7.03. The Balaban J connectivity index is 4.32. The minimum absolute atomic E-state index is 0.305. The van der Waals surface area contributed by atoms with Gasteiger partial charge in [-0.2, -0.15) is 0 Å². The highest BCUT2D eigenvalue weighted by Gasteiger charge is 2.19. The van der Waals surface area contributed by atoms with Gasteiger partial charge in [0.15, 0.2) is 0 Å². The second-order valence-corrected chi connectivity index (χ2v) is 4.97. The maximum absolute atomic E-state index is 11.6. The monoisotopic (exact) mass is 257 g/mol. The third kappa shape index (κ3) is 6.93. The van der Waals surface area contributed by atoms with Crippen LogP contribution in [0, 0.1) is 0 Å². The molecule has 0 heterocycles.